The number of benzene rings is 2. The van der Waals surface area contributed by atoms with Gasteiger partial charge in [-0.15, -0.1) is 0 Å². The lowest BCUT2D eigenvalue weighted by atomic mass is 9.79. The topological polar surface area (TPSA) is 74.3 Å². The van der Waals surface area contributed by atoms with Gasteiger partial charge in [0.1, 0.15) is 5.92 Å². The summed E-state index contributed by atoms with van der Waals surface area (Å²) in [4.78, 5) is 31.0. The summed E-state index contributed by atoms with van der Waals surface area (Å²) in [5.41, 5.74) is 4.90. The number of fused-ring (bicyclic) bond motifs is 2. The largest absolute Gasteiger partial charge is 0.298 e. The van der Waals surface area contributed by atoms with Crippen LogP contribution in [0.25, 0.3) is 10.2 Å². The van der Waals surface area contributed by atoms with Crippen LogP contribution in [0.4, 0.5) is 5.13 Å². The van der Waals surface area contributed by atoms with Crippen LogP contribution in [0.2, 0.25) is 5.02 Å². The fourth-order valence-electron chi connectivity index (χ4n) is 4.14. The van der Waals surface area contributed by atoms with Gasteiger partial charge >= 0.3 is 0 Å². The maximum absolute atomic E-state index is 13.3. The summed E-state index contributed by atoms with van der Waals surface area (Å²) in [5.74, 6) is -1.41. The van der Waals surface area contributed by atoms with E-state index in [-0.39, 0.29) is 23.7 Å². The molecule has 148 valence electrons. The van der Waals surface area contributed by atoms with Gasteiger partial charge in [-0.3, -0.25) is 14.9 Å². The number of nitrogens with one attached hydrogen (secondary N) is 2. The second kappa shape index (κ2) is 7.18. The van der Waals surface area contributed by atoms with E-state index in [0.717, 1.165) is 15.8 Å². The third kappa shape index (κ3) is 3.14. The predicted molar refractivity (Wildman–Crippen MR) is 114 cm³/mol. The van der Waals surface area contributed by atoms with Crippen molar-refractivity contribution in [2.75, 3.05) is 5.01 Å². The lowest BCUT2D eigenvalue weighted by molar-refractivity contribution is -0.136. The number of carbonyl (C=O) groups excluding carboxylic acids is 2. The summed E-state index contributed by atoms with van der Waals surface area (Å²) < 4.78 is 0.997. The number of rotatable bonds is 3. The number of carbonyl (C=O) groups is 2. The molecule has 2 aromatic carbocycles. The van der Waals surface area contributed by atoms with Gasteiger partial charge < -0.3 is 0 Å². The molecular weight excluding hydrogens is 408 g/mol. The minimum absolute atomic E-state index is 0.0534. The Hall–Kier alpha value is -2.32. The highest BCUT2D eigenvalue weighted by molar-refractivity contribution is 7.22. The smallest absolute Gasteiger partial charge is 0.257 e. The van der Waals surface area contributed by atoms with Crippen molar-refractivity contribution in [2.24, 2.45) is 11.8 Å². The molecule has 6 nitrogen and oxygen atoms in total. The van der Waals surface area contributed by atoms with Gasteiger partial charge in [-0.2, -0.15) is 0 Å². The molecule has 8 heteroatoms. The average molecular weight is 427 g/mol. The first-order chi connectivity index (χ1) is 14.0. The number of para-hydroxylation sites is 1. The van der Waals surface area contributed by atoms with Crippen LogP contribution in [-0.4, -0.2) is 28.9 Å². The van der Waals surface area contributed by atoms with Gasteiger partial charge in [0, 0.05) is 17.0 Å². The van der Waals surface area contributed by atoms with Gasteiger partial charge in [0.2, 0.25) is 5.13 Å². The third-order valence-electron chi connectivity index (χ3n) is 5.68. The molecule has 2 fully saturated rings. The molecule has 2 saturated heterocycles. The van der Waals surface area contributed by atoms with Crippen LogP contribution >= 0.6 is 22.9 Å². The summed E-state index contributed by atoms with van der Waals surface area (Å²) in [6.07, 6.45) is 0.0733. The first kappa shape index (κ1) is 18.7. The average Bonchev–Trinajstić information content (AvgIpc) is 3.27. The Kier molecular flexibility index (Phi) is 4.63. The van der Waals surface area contributed by atoms with Crippen LogP contribution in [0.1, 0.15) is 12.5 Å². The lowest BCUT2D eigenvalue weighted by Crippen LogP contribution is -2.59. The van der Waals surface area contributed by atoms with Crippen molar-refractivity contribution < 1.29 is 9.59 Å². The summed E-state index contributed by atoms with van der Waals surface area (Å²) in [7, 11) is 0. The second-order valence-corrected chi connectivity index (χ2v) is 8.90. The molecule has 3 aromatic rings. The van der Waals surface area contributed by atoms with E-state index in [1.807, 2.05) is 55.5 Å². The number of hydrogen-bond acceptors (Lipinski definition) is 6. The number of amides is 1. The Balaban J connectivity index is 1.42. The zero-order chi connectivity index (χ0) is 20.1. The molecular formula is C21H19ClN4O2S. The molecule has 1 aromatic heterocycles. The highest BCUT2D eigenvalue weighted by Crippen LogP contribution is 2.35. The third-order valence-corrected chi connectivity index (χ3v) is 7.07. The Morgan fingerprint density at radius 3 is 2.69 bits per heavy atom. The normalized spacial score (nSPS) is 26.9. The summed E-state index contributed by atoms with van der Waals surface area (Å²) in [6.45, 7) is 1.97. The zero-order valence-corrected chi connectivity index (χ0v) is 17.2. The molecule has 0 radical (unpaired) electrons. The van der Waals surface area contributed by atoms with Gasteiger partial charge in [0.05, 0.1) is 16.4 Å². The molecule has 0 bridgehead atoms. The van der Waals surface area contributed by atoms with E-state index >= 15 is 0 Å². The van der Waals surface area contributed by atoms with Crippen molar-refractivity contribution >= 4 is 50.0 Å². The fraction of sp³-hybridized carbons (Fsp3) is 0.286. The van der Waals surface area contributed by atoms with E-state index in [1.54, 1.807) is 0 Å². The number of aromatic nitrogens is 1. The monoisotopic (exact) mass is 426 g/mol. The van der Waals surface area contributed by atoms with Gasteiger partial charge in [-0.05, 0) is 37.1 Å². The number of nitrogens with zero attached hydrogens (tertiary/aromatic N) is 2. The number of anilines is 1. The van der Waals surface area contributed by atoms with Crippen LogP contribution in [0.15, 0.2) is 48.5 Å². The summed E-state index contributed by atoms with van der Waals surface area (Å²) in [6, 6.07) is 15.2. The van der Waals surface area contributed by atoms with Gasteiger partial charge in [0.25, 0.3) is 5.91 Å². The van der Waals surface area contributed by atoms with Crippen molar-refractivity contribution in [3.8, 4) is 0 Å². The Morgan fingerprint density at radius 2 is 1.90 bits per heavy atom. The number of Topliss-reactive ketones (excluding diaryl/α,β-unsaturated/α-hetero) is 1. The standard InChI is InChI=1S/C21H19ClN4O2S/c1-11-13(10-12-6-2-3-7-14(12)22)18(27)17-19(23-11)25-26(20(17)28)21-24-15-8-4-5-9-16(15)29-21/h2-9,11,13,17,19,23,25H,10H2,1H3. The number of hydrogen-bond donors (Lipinski definition) is 2. The van der Waals surface area contributed by atoms with Crippen LogP contribution in [-0.2, 0) is 16.0 Å². The minimum atomic E-state index is -0.773. The van der Waals surface area contributed by atoms with Crippen LogP contribution in [0.5, 0.6) is 0 Å². The highest BCUT2D eigenvalue weighted by atomic mass is 35.5. The van der Waals surface area contributed by atoms with Crippen molar-refractivity contribution in [1.29, 1.82) is 0 Å². The Bertz CT molecular complexity index is 1080. The molecule has 2 N–H and O–H groups in total. The number of hydrazine groups is 1. The highest BCUT2D eigenvalue weighted by Gasteiger charge is 2.52. The molecule has 0 aliphatic carbocycles. The van der Waals surface area contributed by atoms with Crippen LogP contribution in [0.3, 0.4) is 0 Å². The molecule has 5 rings (SSSR count). The quantitative estimate of drug-likeness (QED) is 0.629. The van der Waals surface area contributed by atoms with Gasteiger partial charge in [-0.25, -0.2) is 15.4 Å². The number of thiazole rings is 1. The molecule has 2 aliphatic rings. The summed E-state index contributed by atoms with van der Waals surface area (Å²) in [5, 5.41) is 6.02. The van der Waals surface area contributed by atoms with E-state index in [2.05, 4.69) is 15.7 Å². The van der Waals surface area contributed by atoms with Crippen LogP contribution < -0.4 is 15.8 Å². The predicted octanol–water partition coefficient (Wildman–Crippen LogP) is 3.16. The fourth-order valence-corrected chi connectivity index (χ4v) is 5.29. The van der Waals surface area contributed by atoms with E-state index < -0.39 is 12.1 Å². The first-order valence-electron chi connectivity index (χ1n) is 9.52. The van der Waals surface area contributed by atoms with E-state index in [9.17, 15) is 9.59 Å². The molecule has 0 spiro atoms. The number of ketones is 1. The summed E-state index contributed by atoms with van der Waals surface area (Å²) >= 11 is 7.72. The maximum Gasteiger partial charge on any atom is 0.257 e. The first-order valence-corrected chi connectivity index (χ1v) is 10.7. The lowest BCUT2D eigenvalue weighted by Gasteiger charge is -2.35. The molecule has 3 heterocycles. The van der Waals surface area contributed by atoms with Crippen molar-refractivity contribution in [3.05, 3.63) is 59.1 Å². The Labute approximate surface area is 176 Å². The van der Waals surface area contributed by atoms with E-state index in [1.165, 1.54) is 16.3 Å². The van der Waals surface area contributed by atoms with E-state index in [4.69, 9.17) is 11.6 Å². The number of halogens is 1. The van der Waals surface area contributed by atoms with Crippen LogP contribution in [0, 0.1) is 11.8 Å². The molecule has 4 unspecified atom stereocenters. The molecule has 0 saturated carbocycles. The zero-order valence-electron chi connectivity index (χ0n) is 15.6. The van der Waals surface area contributed by atoms with Gasteiger partial charge in [-0.1, -0.05) is 53.3 Å². The second-order valence-electron chi connectivity index (χ2n) is 7.48. The molecule has 2 aliphatic heterocycles. The molecule has 29 heavy (non-hydrogen) atoms. The minimum Gasteiger partial charge on any atom is -0.298 e. The van der Waals surface area contributed by atoms with Crippen molar-refractivity contribution in [1.82, 2.24) is 15.7 Å². The van der Waals surface area contributed by atoms with E-state index in [0.29, 0.717) is 16.6 Å². The molecule has 4 atom stereocenters. The van der Waals surface area contributed by atoms with Gasteiger partial charge in [0.15, 0.2) is 5.78 Å². The maximum atomic E-state index is 13.3. The van der Waals surface area contributed by atoms with Crippen molar-refractivity contribution in [3.63, 3.8) is 0 Å². The molecule has 1 amide bonds. The number of piperidine rings is 1. The Morgan fingerprint density at radius 1 is 1.14 bits per heavy atom. The van der Waals surface area contributed by atoms with Crippen molar-refractivity contribution in [2.45, 2.75) is 25.6 Å². The SMILES string of the molecule is CC1NC2NN(c3nc4ccccc4s3)C(=O)C2C(=O)C1Cc1ccccc1Cl.